The Morgan fingerprint density at radius 1 is 1.18 bits per heavy atom. The van der Waals surface area contributed by atoms with E-state index in [2.05, 4.69) is 4.74 Å². The Morgan fingerprint density at radius 2 is 1.95 bits per heavy atom. The number of carbonyl (C=O) groups excluding carboxylic acids is 2. The maximum atomic E-state index is 13.5. The number of ketones is 1. The van der Waals surface area contributed by atoms with E-state index in [0.29, 0.717) is 5.76 Å². The van der Waals surface area contributed by atoms with Crippen molar-refractivity contribution in [3.05, 3.63) is 59.3 Å². The van der Waals surface area contributed by atoms with E-state index >= 15 is 0 Å². The predicted molar refractivity (Wildman–Crippen MR) is 76.4 cm³/mol. The second kappa shape index (κ2) is 6.71. The highest BCUT2D eigenvalue weighted by Crippen LogP contribution is 2.18. The van der Waals surface area contributed by atoms with Crippen molar-refractivity contribution in [2.45, 2.75) is 0 Å². The van der Waals surface area contributed by atoms with E-state index < -0.39 is 17.6 Å². The zero-order valence-electron chi connectivity index (χ0n) is 12.0. The van der Waals surface area contributed by atoms with Gasteiger partial charge in [0.2, 0.25) is 5.76 Å². The normalized spacial score (nSPS) is 10.7. The third kappa shape index (κ3) is 3.41. The van der Waals surface area contributed by atoms with Crippen LogP contribution in [0.2, 0.25) is 0 Å². The molecular weight excluding hydrogens is 291 g/mol. The Bertz CT molecular complexity index is 730. The fourth-order valence-electron chi connectivity index (χ4n) is 1.73. The van der Waals surface area contributed by atoms with Crippen molar-refractivity contribution in [3.63, 3.8) is 0 Å². The monoisotopic (exact) mass is 304 g/mol. The number of furan rings is 1. The van der Waals surface area contributed by atoms with Crippen molar-refractivity contribution in [1.82, 2.24) is 0 Å². The SMILES string of the molecule is COC(=O)c1ccc(/C=C\C(=O)c2ccc(OC)c(F)c2)o1. The molecule has 0 amide bonds. The first-order chi connectivity index (χ1) is 10.5. The highest BCUT2D eigenvalue weighted by atomic mass is 19.1. The molecule has 2 aromatic rings. The molecule has 1 heterocycles. The molecule has 0 radical (unpaired) electrons. The van der Waals surface area contributed by atoms with Crippen LogP contribution in [0.1, 0.15) is 26.7 Å². The van der Waals surface area contributed by atoms with Gasteiger partial charge in [0, 0.05) is 5.56 Å². The van der Waals surface area contributed by atoms with Crippen molar-refractivity contribution in [3.8, 4) is 5.75 Å². The Morgan fingerprint density at radius 3 is 2.59 bits per heavy atom. The number of allylic oxidation sites excluding steroid dienone is 1. The van der Waals surface area contributed by atoms with Crippen molar-refractivity contribution < 1.29 is 27.9 Å². The number of hydrogen-bond donors (Lipinski definition) is 0. The van der Waals surface area contributed by atoms with Gasteiger partial charge in [0.05, 0.1) is 14.2 Å². The number of hydrogen-bond acceptors (Lipinski definition) is 5. The lowest BCUT2D eigenvalue weighted by Gasteiger charge is -2.02. The van der Waals surface area contributed by atoms with Gasteiger partial charge in [-0.3, -0.25) is 4.79 Å². The Labute approximate surface area is 125 Å². The molecule has 0 saturated carbocycles. The summed E-state index contributed by atoms with van der Waals surface area (Å²) in [4.78, 5) is 23.2. The van der Waals surface area contributed by atoms with Crippen LogP contribution in [0.4, 0.5) is 4.39 Å². The van der Waals surface area contributed by atoms with Crippen LogP contribution >= 0.6 is 0 Å². The van der Waals surface area contributed by atoms with E-state index in [4.69, 9.17) is 9.15 Å². The third-order valence-electron chi connectivity index (χ3n) is 2.85. The van der Waals surface area contributed by atoms with Gasteiger partial charge in [-0.05, 0) is 42.5 Å². The molecular formula is C16H13FO5. The minimum Gasteiger partial charge on any atom is -0.494 e. The summed E-state index contributed by atoms with van der Waals surface area (Å²) in [6, 6.07) is 6.87. The lowest BCUT2D eigenvalue weighted by atomic mass is 10.1. The summed E-state index contributed by atoms with van der Waals surface area (Å²) in [6.45, 7) is 0. The summed E-state index contributed by atoms with van der Waals surface area (Å²) in [5, 5.41) is 0. The van der Waals surface area contributed by atoms with Crippen molar-refractivity contribution >= 4 is 17.8 Å². The number of benzene rings is 1. The van der Waals surface area contributed by atoms with E-state index in [1.165, 1.54) is 50.6 Å². The molecule has 0 bridgehead atoms. The van der Waals surface area contributed by atoms with Crippen LogP contribution in [0.5, 0.6) is 5.75 Å². The minimum atomic E-state index is -0.618. The van der Waals surface area contributed by atoms with E-state index in [-0.39, 0.29) is 17.1 Å². The second-order valence-electron chi connectivity index (χ2n) is 4.24. The number of halogens is 1. The molecule has 0 aliphatic heterocycles. The lowest BCUT2D eigenvalue weighted by molar-refractivity contribution is 0.0564. The highest BCUT2D eigenvalue weighted by molar-refractivity contribution is 6.06. The molecule has 0 aliphatic carbocycles. The molecule has 5 nitrogen and oxygen atoms in total. The minimum absolute atomic E-state index is 0.0325. The van der Waals surface area contributed by atoms with Gasteiger partial charge in [-0.2, -0.15) is 0 Å². The van der Waals surface area contributed by atoms with Gasteiger partial charge in [0.15, 0.2) is 17.3 Å². The van der Waals surface area contributed by atoms with Crippen LogP contribution in [0.25, 0.3) is 6.08 Å². The third-order valence-corrected chi connectivity index (χ3v) is 2.85. The maximum Gasteiger partial charge on any atom is 0.373 e. The summed E-state index contributed by atoms with van der Waals surface area (Å²) in [5.74, 6) is -1.23. The van der Waals surface area contributed by atoms with Gasteiger partial charge in [-0.25, -0.2) is 9.18 Å². The fraction of sp³-hybridized carbons (Fsp3) is 0.125. The van der Waals surface area contributed by atoms with E-state index in [0.717, 1.165) is 6.07 Å². The lowest BCUT2D eigenvalue weighted by Crippen LogP contribution is -1.98. The van der Waals surface area contributed by atoms with Gasteiger partial charge in [-0.1, -0.05) is 0 Å². The van der Waals surface area contributed by atoms with Gasteiger partial charge in [-0.15, -0.1) is 0 Å². The number of rotatable bonds is 5. The topological polar surface area (TPSA) is 65.7 Å². The first kappa shape index (κ1) is 15.5. The second-order valence-corrected chi connectivity index (χ2v) is 4.24. The van der Waals surface area contributed by atoms with Crippen molar-refractivity contribution in [2.24, 2.45) is 0 Å². The maximum absolute atomic E-state index is 13.5. The first-order valence-corrected chi connectivity index (χ1v) is 6.29. The summed E-state index contributed by atoms with van der Waals surface area (Å²) in [6.07, 6.45) is 2.61. The highest BCUT2D eigenvalue weighted by Gasteiger charge is 2.11. The molecule has 0 atom stereocenters. The molecule has 1 aromatic heterocycles. The average Bonchev–Trinajstić information content (AvgIpc) is 3.00. The van der Waals surface area contributed by atoms with Crippen LogP contribution in [-0.2, 0) is 4.74 Å². The number of esters is 1. The first-order valence-electron chi connectivity index (χ1n) is 6.29. The number of ether oxygens (including phenoxy) is 2. The van der Waals surface area contributed by atoms with Crippen molar-refractivity contribution in [2.75, 3.05) is 14.2 Å². The molecule has 22 heavy (non-hydrogen) atoms. The number of carbonyl (C=O) groups is 2. The quantitative estimate of drug-likeness (QED) is 0.482. The van der Waals surface area contributed by atoms with Crippen LogP contribution in [0.15, 0.2) is 40.8 Å². The van der Waals surface area contributed by atoms with Gasteiger partial charge < -0.3 is 13.9 Å². The summed E-state index contributed by atoms with van der Waals surface area (Å²) >= 11 is 0. The summed E-state index contributed by atoms with van der Waals surface area (Å²) in [7, 11) is 2.58. The molecule has 2 rings (SSSR count). The molecule has 1 aromatic carbocycles. The van der Waals surface area contributed by atoms with Crippen LogP contribution in [0, 0.1) is 5.82 Å². The summed E-state index contributed by atoms with van der Waals surface area (Å²) in [5.41, 5.74) is 0.175. The summed E-state index contributed by atoms with van der Waals surface area (Å²) < 4.78 is 28.0. The Balaban J connectivity index is 2.12. The fourth-order valence-corrected chi connectivity index (χ4v) is 1.73. The van der Waals surface area contributed by atoms with Crippen molar-refractivity contribution in [1.29, 1.82) is 0 Å². The molecule has 0 N–H and O–H groups in total. The zero-order valence-corrected chi connectivity index (χ0v) is 12.0. The molecule has 0 unspecified atom stereocenters. The van der Waals surface area contributed by atoms with E-state index in [1.54, 1.807) is 0 Å². The van der Waals surface area contributed by atoms with Gasteiger partial charge >= 0.3 is 5.97 Å². The largest absolute Gasteiger partial charge is 0.494 e. The molecule has 0 aliphatic rings. The van der Waals surface area contributed by atoms with Crippen LogP contribution in [0.3, 0.4) is 0 Å². The zero-order chi connectivity index (χ0) is 16.1. The van der Waals surface area contributed by atoms with Crippen LogP contribution < -0.4 is 4.74 Å². The van der Waals surface area contributed by atoms with Gasteiger partial charge in [0.1, 0.15) is 5.76 Å². The number of methoxy groups -OCH3 is 2. The molecule has 6 heteroatoms. The Hall–Kier alpha value is -2.89. The van der Waals surface area contributed by atoms with Crippen LogP contribution in [-0.4, -0.2) is 26.0 Å². The molecule has 0 spiro atoms. The predicted octanol–water partition coefficient (Wildman–Crippen LogP) is 3.11. The molecule has 0 fully saturated rings. The molecule has 114 valence electrons. The Kier molecular flexibility index (Phi) is 4.73. The standard InChI is InChI=1S/C16H13FO5/c1-20-14-7-3-10(9-12(14)17)13(18)6-4-11-5-8-15(22-11)16(19)21-2/h3-9H,1-2H3/b6-4-. The smallest absolute Gasteiger partial charge is 0.373 e. The van der Waals surface area contributed by atoms with E-state index in [9.17, 15) is 14.0 Å². The average molecular weight is 304 g/mol. The molecule has 0 saturated heterocycles. The van der Waals surface area contributed by atoms with Gasteiger partial charge in [0.25, 0.3) is 0 Å². The van der Waals surface area contributed by atoms with E-state index in [1.807, 2.05) is 0 Å².